The van der Waals surface area contributed by atoms with Crippen LogP contribution in [-0.4, -0.2) is 20.8 Å². The summed E-state index contributed by atoms with van der Waals surface area (Å²) in [6.45, 7) is 0.463. The van der Waals surface area contributed by atoms with Crippen LogP contribution in [0.25, 0.3) is 0 Å². The zero-order valence-corrected chi connectivity index (χ0v) is 12.6. The fourth-order valence-electron chi connectivity index (χ4n) is 3.30. The van der Waals surface area contributed by atoms with Gasteiger partial charge < -0.3 is 15.2 Å². The van der Waals surface area contributed by atoms with Crippen LogP contribution in [0.15, 0.2) is 12.1 Å². The van der Waals surface area contributed by atoms with Gasteiger partial charge in [0.15, 0.2) is 11.5 Å². The lowest BCUT2D eigenvalue weighted by Crippen LogP contribution is -2.37. The van der Waals surface area contributed by atoms with Crippen LogP contribution in [0.3, 0.4) is 0 Å². The minimum absolute atomic E-state index is 0.110. The molecule has 0 heterocycles. The lowest BCUT2D eigenvalue weighted by molar-refractivity contribution is 0.145. The molecule has 1 aromatic carbocycles. The quantitative estimate of drug-likeness (QED) is 0.899. The van der Waals surface area contributed by atoms with Crippen molar-refractivity contribution in [1.29, 1.82) is 0 Å². The molecule has 21 heavy (non-hydrogen) atoms. The van der Waals surface area contributed by atoms with E-state index < -0.39 is 6.43 Å². The number of ether oxygens (including phenoxy) is 2. The summed E-state index contributed by atoms with van der Waals surface area (Å²) >= 11 is 0. The molecule has 2 rings (SSSR count). The summed E-state index contributed by atoms with van der Waals surface area (Å²) in [5, 5.41) is 0. The molecule has 1 aromatic rings. The van der Waals surface area contributed by atoms with Crippen LogP contribution < -0.4 is 15.2 Å². The third-order valence-corrected chi connectivity index (χ3v) is 4.56. The van der Waals surface area contributed by atoms with E-state index in [0.29, 0.717) is 12.3 Å². The van der Waals surface area contributed by atoms with Crippen LogP contribution >= 0.6 is 0 Å². The van der Waals surface area contributed by atoms with Crippen LogP contribution in [0.5, 0.6) is 11.5 Å². The summed E-state index contributed by atoms with van der Waals surface area (Å²) in [5.41, 5.74) is 6.50. The number of benzene rings is 1. The van der Waals surface area contributed by atoms with Gasteiger partial charge in [0.25, 0.3) is 6.43 Å². The maximum absolute atomic E-state index is 13.3. The number of hydrogen-bond donors (Lipinski definition) is 1. The molecule has 0 aromatic heterocycles. The van der Waals surface area contributed by atoms with E-state index in [0.717, 1.165) is 31.2 Å². The number of rotatable bonds is 5. The van der Waals surface area contributed by atoms with E-state index in [1.54, 1.807) is 6.07 Å². The topological polar surface area (TPSA) is 44.5 Å². The summed E-state index contributed by atoms with van der Waals surface area (Å²) in [4.78, 5) is 0. The number of methoxy groups -OCH3 is 2. The second-order valence-corrected chi connectivity index (χ2v) is 5.65. The second kappa shape index (κ2) is 6.60. The largest absolute Gasteiger partial charge is 0.493 e. The molecule has 1 aliphatic rings. The van der Waals surface area contributed by atoms with Gasteiger partial charge in [-0.2, -0.15) is 0 Å². The van der Waals surface area contributed by atoms with Crippen LogP contribution in [0, 0.1) is 0 Å². The lowest BCUT2D eigenvalue weighted by Gasteiger charge is -2.37. The summed E-state index contributed by atoms with van der Waals surface area (Å²) in [7, 11) is 2.84. The van der Waals surface area contributed by atoms with E-state index in [1.807, 2.05) is 6.07 Å². The van der Waals surface area contributed by atoms with Crippen LogP contribution in [0.4, 0.5) is 8.78 Å². The minimum atomic E-state index is -2.60. The first-order valence-electron chi connectivity index (χ1n) is 7.32. The molecular weight excluding hydrogens is 276 g/mol. The van der Waals surface area contributed by atoms with Gasteiger partial charge in [-0.25, -0.2) is 8.78 Å². The van der Waals surface area contributed by atoms with Crippen LogP contribution in [0.1, 0.15) is 49.7 Å². The molecule has 1 saturated carbocycles. The highest BCUT2D eigenvalue weighted by molar-refractivity contribution is 5.52. The highest BCUT2D eigenvalue weighted by Gasteiger charge is 2.34. The molecule has 3 nitrogen and oxygen atoms in total. The van der Waals surface area contributed by atoms with E-state index in [1.165, 1.54) is 20.6 Å². The molecule has 0 spiro atoms. The molecule has 0 saturated heterocycles. The first-order chi connectivity index (χ1) is 10.1. The van der Waals surface area contributed by atoms with Crippen molar-refractivity contribution in [2.75, 3.05) is 20.8 Å². The van der Waals surface area contributed by atoms with E-state index in [2.05, 4.69) is 0 Å². The molecule has 0 unspecified atom stereocenters. The van der Waals surface area contributed by atoms with Gasteiger partial charge >= 0.3 is 0 Å². The van der Waals surface area contributed by atoms with Crippen molar-refractivity contribution >= 4 is 0 Å². The van der Waals surface area contributed by atoms with Crippen molar-refractivity contribution in [2.45, 2.75) is 43.9 Å². The van der Waals surface area contributed by atoms with Gasteiger partial charge in [0, 0.05) is 12.0 Å². The minimum Gasteiger partial charge on any atom is -0.493 e. The van der Waals surface area contributed by atoms with Crippen molar-refractivity contribution in [3.8, 4) is 11.5 Å². The Morgan fingerprint density at radius 1 is 1.14 bits per heavy atom. The predicted octanol–water partition coefficient (Wildman–Crippen LogP) is 3.80. The highest BCUT2D eigenvalue weighted by Crippen LogP contribution is 2.45. The van der Waals surface area contributed by atoms with Gasteiger partial charge in [0.2, 0.25) is 0 Å². The molecule has 5 heteroatoms. The van der Waals surface area contributed by atoms with Gasteiger partial charge in [-0.15, -0.1) is 0 Å². The summed E-state index contributed by atoms with van der Waals surface area (Å²) < 4.78 is 37.0. The summed E-state index contributed by atoms with van der Waals surface area (Å²) in [5.74, 6) is 0.461. The Bertz CT molecular complexity index is 485. The average Bonchev–Trinajstić information content (AvgIpc) is 2.53. The number of alkyl halides is 2. The molecule has 0 amide bonds. The summed E-state index contributed by atoms with van der Waals surface area (Å²) in [6.07, 6.45) is 2.60. The SMILES string of the molecule is COc1cc(C2(CN)CCCCC2)cc(C(F)F)c1OC. The van der Waals surface area contributed by atoms with Gasteiger partial charge in [0.1, 0.15) is 0 Å². The van der Waals surface area contributed by atoms with Crippen molar-refractivity contribution < 1.29 is 18.3 Å². The Labute approximate surface area is 124 Å². The molecular formula is C16H23F2NO2. The van der Waals surface area contributed by atoms with E-state index >= 15 is 0 Å². The molecule has 1 fully saturated rings. The molecule has 1 aliphatic carbocycles. The molecule has 0 atom stereocenters. The maximum Gasteiger partial charge on any atom is 0.267 e. The predicted molar refractivity (Wildman–Crippen MR) is 78.3 cm³/mol. The van der Waals surface area contributed by atoms with Gasteiger partial charge in [-0.3, -0.25) is 0 Å². The van der Waals surface area contributed by atoms with E-state index in [9.17, 15) is 8.78 Å². The standard InChI is InChI=1S/C16H23F2NO2/c1-20-13-9-11(8-12(15(17)18)14(13)21-2)16(10-19)6-4-3-5-7-16/h8-9,15H,3-7,10,19H2,1-2H3. The summed E-state index contributed by atoms with van der Waals surface area (Å²) in [6, 6.07) is 3.35. The van der Waals surface area contributed by atoms with Crippen LogP contribution in [0.2, 0.25) is 0 Å². The maximum atomic E-state index is 13.3. The average molecular weight is 299 g/mol. The Kier molecular flexibility index (Phi) is 5.04. The monoisotopic (exact) mass is 299 g/mol. The normalized spacial score (nSPS) is 17.8. The zero-order valence-electron chi connectivity index (χ0n) is 12.6. The van der Waals surface area contributed by atoms with Crippen molar-refractivity contribution in [3.63, 3.8) is 0 Å². The Balaban J connectivity index is 2.55. The molecule has 0 aliphatic heterocycles. The van der Waals surface area contributed by atoms with Gasteiger partial charge in [0.05, 0.1) is 19.8 Å². The van der Waals surface area contributed by atoms with E-state index in [4.69, 9.17) is 15.2 Å². The van der Waals surface area contributed by atoms with Crippen molar-refractivity contribution in [3.05, 3.63) is 23.3 Å². The Morgan fingerprint density at radius 2 is 1.81 bits per heavy atom. The fraction of sp³-hybridized carbons (Fsp3) is 0.625. The third kappa shape index (κ3) is 2.98. The Hall–Kier alpha value is -1.36. The smallest absolute Gasteiger partial charge is 0.267 e. The first kappa shape index (κ1) is 16.0. The van der Waals surface area contributed by atoms with Gasteiger partial charge in [-0.05, 0) is 30.5 Å². The number of nitrogens with two attached hydrogens (primary N) is 1. The second-order valence-electron chi connectivity index (χ2n) is 5.65. The van der Waals surface area contributed by atoms with Crippen molar-refractivity contribution in [1.82, 2.24) is 0 Å². The number of hydrogen-bond acceptors (Lipinski definition) is 3. The zero-order chi connectivity index (χ0) is 15.5. The molecule has 118 valence electrons. The van der Waals surface area contributed by atoms with Crippen molar-refractivity contribution in [2.24, 2.45) is 5.73 Å². The molecule has 0 radical (unpaired) electrons. The van der Waals surface area contributed by atoms with Gasteiger partial charge in [-0.1, -0.05) is 19.3 Å². The lowest BCUT2D eigenvalue weighted by atomic mass is 9.69. The first-order valence-corrected chi connectivity index (χ1v) is 7.32. The fourth-order valence-corrected chi connectivity index (χ4v) is 3.30. The third-order valence-electron chi connectivity index (χ3n) is 4.56. The van der Waals surface area contributed by atoms with E-state index in [-0.39, 0.29) is 16.7 Å². The Morgan fingerprint density at radius 3 is 2.29 bits per heavy atom. The highest BCUT2D eigenvalue weighted by atomic mass is 19.3. The van der Waals surface area contributed by atoms with Crippen LogP contribution in [-0.2, 0) is 5.41 Å². The number of halogens is 2. The molecule has 0 bridgehead atoms. The molecule has 2 N–H and O–H groups in total.